The van der Waals surface area contributed by atoms with Crippen molar-refractivity contribution < 1.29 is 5.32 Å². The Morgan fingerprint density at radius 3 is 2.48 bits per heavy atom. The van der Waals surface area contributed by atoms with Crippen molar-refractivity contribution in [3.8, 4) is 0 Å². The second kappa shape index (κ2) is 10.6. The van der Waals surface area contributed by atoms with Crippen molar-refractivity contribution in [2.24, 2.45) is 9.98 Å². The molecule has 4 nitrogen and oxygen atoms in total. The number of hydrogen-bond acceptors (Lipinski definition) is 3. The van der Waals surface area contributed by atoms with E-state index < -0.39 is 0 Å². The Bertz CT molecular complexity index is 776. The molecular weight excluding hydrogens is 399 g/mol. The molecule has 0 saturated heterocycles. The van der Waals surface area contributed by atoms with E-state index in [9.17, 15) is 0 Å². The predicted molar refractivity (Wildman–Crippen MR) is 110 cm³/mol. The van der Waals surface area contributed by atoms with Crippen LogP contribution in [0.3, 0.4) is 0 Å². The molecule has 3 N–H and O–H groups in total. The Balaban J connectivity index is 2.13. The van der Waals surface area contributed by atoms with Crippen LogP contribution in [0.25, 0.3) is 0 Å². The Morgan fingerprint density at radius 1 is 1.08 bits per heavy atom. The van der Waals surface area contributed by atoms with Crippen LogP contribution in [0.2, 0.25) is 15.1 Å². The van der Waals surface area contributed by atoms with E-state index in [-0.39, 0.29) is 0 Å². The Hall–Kier alpha value is -1.37. The summed E-state index contributed by atoms with van der Waals surface area (Å²) < 4.78 is 0. The first kappa shape index (κ1) is 19.9. The average Bonchev–Trinajstić information content (AvgIpc) is 2.60. The molecule has 0 aromatic heterocycles. The number of benzene rings is 2. The molecule has 0 unspecified atom stereocenters. The number of rotatable bonds is 7. The molecule has 0 fully saturated rings. The number of nitrogens with two attached hydrogens (primary N) is 1. The SMILES string of the molecule is N=CN=C[NH2+]CC(=Nc1ccc(Cl)cc1Cl)SCc1ccc(Cl)cc1. The van der Waals surface area contributed by atoms with E-state index in [0.29, 0.717) is 27.3 Å². The van der Waals surface area contributed by atoms with E-state index in [1.165, 1.54) is 0 Å². The van der Waals surface area contributed by atoms with E-state index in [4.69, 9.17) is 40.2 Å². The summed E-state index contributed by atoms with van der Waals surface area (Å²) in [5.74, 6) is 0.761. The molecule has 0 amide bonds. The van der Waals surface area contributed by atoms with Gasteiger partial charge in [0.1, 0.15) is 17.9 Å². The fraction of sp³-hybridized carbons (Fsp3) is 0.118. The summed E-state index contributed by atoms with van der Waals surface area (Å²) in [4.78, 5) is 8.39. The van der Waals surface area contributed by atoms with Crippen molar-refractivity contribution in [2.45, 2.75) is 5.75 Å². The highest BCUT2D eigenvalue weighted by atomic mass is 35.5. The average molecular weight is 415 g/mol. The van der Waals surface area contributed by atoms with Crippen LogP contribution >= 0.6 is 46.6 Å². The topological polar surface area (TPSA) is 65.2 Å². The number of thioether (sulfide) groups is 1. The molecule has 0 aliphatic rings. The molecule has 2 aromatic rings. The van der Waals surface area contributed by atoms with Gasteiger partial charge in [0.15, 0.2) is 6.34 Å². The van der Waals surface area contributed by atoms with Crippen LogP contribution < -0.4 is 5.32 Å². The molecule has 25 heavy (non-hydrogen) atoms. The highest BCUT2D eigenvalue weighted by molar-refractivity contribution is 8.13. The summed E-state index contributed by atoms with van der Waals surface area (Å²) in [5.41, 5.74) is 1.82. The maximum atomic E-state index is 6.91. The number of nitrogens with zero attached hydrogens (tertiary/aromatic N) is 2. The third-order valence-corrected chi connectivity index (χ3v) is 4.89. The molecular formula is C17H16Cl3N4S+. The predicted octanol–water partition coefficient (Wildman–Crippen LogP) is 4.81. The van der Waals surface area contributed by atoms with Crippen LogP contribution in [0.15, 0.2) is 52.4 Å². The van der Waals surface area contributed by atoms with Gasteiger partial charge in [0.25, 0.3) is 0 Å². The van der Waals surface area contributed by atoms with E-state index in [2.05, 4.69) is 9.98 Å². The highest BCUT2D eigenvalue weighted by Crippen LogP contribution is 2.29. The maximum Gasteiger partial charge on any atom is 0.188 e. The van der Waals surface area contributed by atoms with E-state index in [1.807, 2.05) is 29.6 Å². The van der Waals surface area contributed by atoms with Gasteiger partial charge in [0.05, 0.1) is 10.7 Å². The number of hydrogen-bond donors (Lipinski definition) is 2. The Labute approximate surface area is 165 Å². The van der Waals surface area contributed by atoms with Crippen molar-refractivity contribution in [3.05, 3.63) is 63.1 Å². The van der Waals surface area contributed by atoms with E-state index >= 15 is 0 Å². The molecule has 0 atom stereocenters. The lowest BCUT2D eigenvalue weighted by atomic mass is 10.2. The smallest absolute Gasteiger partial charge is 0.188 e. The first-order chi connectivity index (χ1) is 12.1. The lowest BCUT2D eigenvalue weighted by Gasteiger charge is -2.06. The summed E-state index contributed by atoms with van der Waals surface area (Å²) >= 11 is 19.7. The van der Waals surface area contributed by atoms with Gasteiger partial charge in [0, 0.05) is 15.8 Å². The molecule has 0 aliphatic carbocycles. The van der Waals surface area contributed by atoms with Crippen LogP contribution in [-0.4, -0.2) is 24.3 Å². The number of halogens is 3. The standard InChI is InChI=1S/C17H15Cl3N4S/c18-13-3-1-12(2-4-13)9-25-17(8-22-11-23-10-21)24-16-6-5-14(19)7-15(16)20/h1-7,10-11H,8-9H2,(H2,21,22,23)/p+1. The normalized spacial score (nSPS) is 11.9. The number of nitrogens with one attached hydrogen (secondary N) is 1. The molecule has 130 valence electrons. The summed E-state index contributed by atoms with van der Waals surface area (Å²) in [6, 6.07) is 12.9. The van der Waals surface area contributed by atoms with Crippen molar-refractivity contribution in [3.63, 3.8) is 0 Å². The zero-order valence-electron chi connectivity index (χ0n) is 13.1. The lowest BCUT2D eigenvalue weighted by Crippen LogP contribution is -2.84. The minimum Gasteiger partial charge on any atom is -0.298 e. The third-order valence-electron chi connectivity index (χ3n) is 3.03. The molecule has 0 aliphatic heterocycles. The van der Waals surface area contributed by atoms with Gasteiger partial charge in [-0.15, -0.1) is 11.8 Å². The summed E-state index contributed by atoms with van der Waals surface area (Å²) in [7, 11) is 0. The Morgan fingerprint density at radius 2 is 1.80 bits per heavy atom. The van der Waals surface area contributed by atoms with Gasteiger partial charge in [-0.25, -0.2) is 4.99 Å². The van der Waals surface area contributed by atoms with Gasteiger partial charge in [0.2, 0.25) is 0 Å². The quantitative estimate of drug-likeness (QED) is 0.495. The van der Waals surface area contributed by atoms with Gasteiger partial charge in [-0.1, -0.05) is 46.9 Å². The van der Waals surface area contributed by atoms with Crippen molar-refractivity contribution in [1.29, 1.82) is 5.41 Å². The van der Waals surface area contributed by atoms with Gasteiger partial charge >= 0.3 is 0 Å². The van der Waals surface area contributed by atoms with E-state index in [1.54, 1.807) is 36.3 Å². The second-order valence-corrected chi connectivity index (χ2v) is 7.21. The summed E-state index contributed by atoms with van der Waals surface area (Å²) in [6.45, 7) is 0.592. The van der Waals surface area contributed by atoms with E-state index in [0.717, 1.165) is 22.7 Å². The van der Waals surface area contributed by atoms with Gasteiger partial charge in [-0.3, -0.25) is 10.7 Å². The zero-order chi connectivity index (χ0) is 18.1. The fourth-order valence-electron chi connectivity index (χ4n) is 1.85. The van der Waals surface area contributed by atoms with Gasteiger partial charge < -0.3 is 0 Å². The molecule has 2 rings (SSSR count). The molecule has 0 heterocycles. The number of aliphatic imine (C=N–C) groups is 2. The third kappa shape index (κ3) is 7.18. The largest absolute Gasteiger partial charge is 0.298 e. The molecule has 0 spiro atoms. The minimum absolute atomic E-state index is 0.505. The highest BCUT2D eigenvalue weighted by Gasteiger charge is 2.07. The Kier molecular flexibility index (Phi) is 8.44. The second-order valence-electron chi connectivity index (χ2n) is 4.88. The molecule has 0 saturated carbocycles. The van der Waals surface area contributed by atoms with Crippen LogP contribution in [0.1, 0.15) is 5.56 Å². The minimum atomic E-state index is 0.505. The maximum absolute atomic E-state index is 6.91. The van der Waals surface area contributed by atoms with Gasteiger partial charge in [-0.2, -0.15) is 4.99 Å². The molecule has 8 heteroatoms. The molecule has 2 aromatic carbocycles. The van der Waals surface area contributed by atoms with Crippen molar-refractivity contribution in [1.82, 2.24) is 0 Å². The van der Waals surface area contributed by atoms with Crippen molar-refractivity contribution >= 4 is 70.0 Å². The van der Waals surface area contributed by atoms with Crippen LogP contribution in [0.5, 0.6) is 0 Å². The monoisotopic (exact) mass is 413 g/mol. The van der Waals surface area contributed by atoms with Gasteiger partial charge in [-0.05, 0) is 35.9 Å². The molecule has 0 radical (unpaired) electrons. The number of quaternary nitrogens is 1. The first-order valence-corrected chi connectivity index (χ1v) is 9.44. The van der Waals surface area contributed by atoms with Crippen LogP contribution in [-0.2, 0) is 5.75 Å². The lowest BCUT2D eigenvalue weighted by molar-refractivity contribution is -0.512. The summed E-state index contributed by atoms with van der Waals surface area (Å²) in [5, 5.41) is 11.4. The summed E-state index contributed by atoms with van der Waals surface area (Å²) in [6.07, 6.45) is 2.57. The fourth-order valence-corrected chi connectivity index (χ4v) is 3.33. The van der Waals surface area contributed by atoms with Crippen molar-refractivity contribution in [2.75, 3.05) is 6.54 Å². The van der Waals surface area contributed by atoms with Crippen LogP contribution in [0.4, 0.5) is 5.69 Å². The van der Waals surface area contributed by atoms with Crippen LogP contribution in [0, 0.1) is 5.41 Å². The first-order valence-electron chi connectivity index (χ1n) is 7.32. The zero-order valence-corrected chi connectivity index (χ0v) is 16.2. The molecule has 0 bridgehead atoms.